The monoisotopic (exact) mass is 269 g/mol. The second-order valence-corrected chi connectivity index (χ2v) is 4.07. The van der Waals surface area contributed by atoms with E-state index >= 15 is 0 Å². The molecule has 0 spiro atoms. The number of hydrogen-bond donors (Lipinski definition) is 2. The number of hydrogen-bond acceptors (Lipinski definition) is 4. The number of nitrogens with one attached hydrogen (secondary N) is 1. The van der Waals surface area contributed by atoms with E-state index in [1.54, 1.807) is 25.3 Å². The molecule has 0 aliphatic carbocycles. The number of anilines is 2. The van der Waals surface area contributed by atoms with Crippen LogP contribution in [0.1, 0.15) is 5.56 Å². The number of benzene rings is 1. The van der Waals surface area contributed by atoms with Crippen LogP contribution in [0.2, 0.25) is 0 Å². The van der Waals surface area contributed by atoms with E-state index < -0.39 is 0 Å². The summed E-state index contributed by atoms with van der Waals surface area (Å²) in [6.07, 6.45) is 4.67. The molecule has 0 aliphatic rings. The van der Waals surface area contributed by atoms with Crippen molar-refractivity contribution in [3.8, 4) is 5.75 Å². The van der Waals surface area contributed by atoms with Crippen LogP contribution in [-0.4, -0.2) is 18.0 Å². The molecule has 0 saturated heterocycles. The van der Waals surface area contributed by atoms with Gasteiger partial charge in [0, 0.05) is 6.08 Å². The molecular formula is C15H15N3O2. The summed E-state index contributed by atoms with van der Waals surface area (Å²) in [4.78, 5) is 15.6. The molecule has 0 saturated carbocycles. The van der Waals surface area contributed by atoms with Gasteiger partial charge in [-0.05, 0) is 35.9 Å². The lowest BCUT2D eigenvalue weighted by molar-refractivity contribution is -0.111. The Kier molecular flexibility index (Phi) is 4.34. The van der Waals surface area contributed by atoms with Gasteiger partial charge in [-0.15, -0.1) is 0 Å². The van der Waals surface area contributed by atoms with Gasteiger partial charge < -0.3 is 15.8 Å². The van der Waals surface area contributed by atoms with Gasteiger partial charge in [0.25, 0.3) is 0 Å². The predicted octanol–water partition coefficient (Wildman–Crippen LogP) is 2.32. The van der Waals surface area contributed by atoms with Gasteiger partial charge in [-0.1, -0.05) is 12.1 Å². The smallest absolute Gasteiger partial charge is 0.248 e. The number of nitrogens with zero attached hydrogens (tertiary/aromatic N) is 1. The Morgan fingerprint density at radius 1 is 1.35 bits per heavy atom. The van der Waals surface area contributed by atoms with Crippen LogP contribution < -0.4 is 15.8 Å². The number of amides is 1. The van der Waals surface area contributed by atoms with Crippen molar-refractivity contribution in [2.45, 2.75) is 0 Å². The van der Waals surface area contributed by atoms with Crippen molar-refractivity contribution in [1.29, 1.82) is 0 Å². The number of nitrogens with two attached hydrogens (primary N) is 1. The maximum Gasteiger partial charge on any atom is 0.248 e. The first-order valence-electron chi connectivity index (χ1n) is 6.02. The van der Waals surface area contributed by atoms with E-state index in [0.29, 0.717) is 11.5 Å². The fourth-order valence-corrected chi connectivity index (χ4v) is 1.58. The van der Waals surface area contributed by atoms with E-state index in [-0.39, 0.29) is 5.91 Å². The summed E-state index contributed by atoms with van der Waals surface area (Å²) in [5.41, 5.74) is 6.95. The summed E-state index contributed by atoms with van der Waals surface area (Å²) in [6.45, 7) is 0. The Balaban J connectivity index is 1.99. The molecule has 2 rings (SSSR count). The summed E-state index contributed by atoms with van der Waals surface area (Å²) < 4.78 is 5.11. The molecule has 1 amide bonds. The van der Waals surface area contributed by atoms with E-state index in [4.69, 9.17) is 10.5 Å². The first kappa shape index (κ1) is 13.6. The average Bonchev–Trinajstić information content (AvgIpc) is 2.48. The Bertz CT molecular complexity index is 621. The van der Waals surface area contributed by atoms with E-state index in [0.717, 1.165) is 11.3 Å². The quantitative estimate of drug-likeness (QED) is 0.835. The van der Waals surface area contributed by atoms with Crippen molar-refractivity contribution in [1.82, 2.24) is 4.98 Å². The fourth-order valence-electron chi connectivity index (χ4n) is 1.58. The van der Waals surface area contributed by atoms with Gasteiger partial charge in [0.1, 0.15) is 11.6 Å². The molecule has 0 unspecified atom stereocenters. The number of aromatic nitrogens is 1. The zero-order valence-corrected chi connectivity index (χ0v) is 11.0. The molecule has 0 radical (unpaired) electrons. The van der Waals surface area contributed by atoms with Crippen molar-refractivity contribution in [3.63, 3.8) is 0 Å². The normalized spacial score (nSPS) is 10.4. The number of nitrogen functional groups attached to an aromatic ring is 1. The van der Waals surface area contributed by atoms with Gasteiger partial charge in [-0.2, -0.15) is 0 Å². The molecule has 3 N–H and O–H groups in total. The molecule has 0 bridgehead atoms. The average molecular weight is 269 g/mol. The number of pyridine rings is 1. The van der Waals surface area contributed by atoms with Crippen molar-refractivity contribution in [3.05, 3.63) is 54.2 Å². The Labute approximate surface area is 117 Å². The molecule has 1 aromatic carbocycles. The predicted molar refractivity (Wildman–Crippen MR) is 79.3 cm³/mol. The highest BCUT2D eigenvalue weighted by Crippen LogP contribution is 2.14. The van der Waals surface area contributed by atoms with Gasteiger partial charge in [0.15, 0.2) is 0 Å². The Morgan fingerprint density at radius 3 is 2.90 bits per heavy atom. The summed E-state index contributed by atoms with van der Waals surface area (Å²) in [5.74, 6) is 0.921. The zero-order valence-electron chi connectivity index (χ0n) is 11.0. The minimum Gasteiger partial charge on any atom is -0.497 e. The molecule has 2 aromatic rings. The lowest BCUT2D eigenvalue weighted by atomic mass is 10.2. The van der Waals surface area contributed by atoms with Crippen molar-refractivity contribution < 1.29 is 9.53 Å². The molecule has 0 aliphatic heterocycles. The van der Waals surface area contributed by atoms with Gasteiger partial charge in [0.2, 0.25) is 5.91 Å². The molecule has 5 nitrogen and oxygen atoms in total. The molecule has 20 heavy (non-hydrogen) atoms. The van der Waals surface area contributed by atoms with Crippen LogP contribution in [0, 0.1) is 0 Å². The van der Waals surface area contributed by atoms with E-state index in [1.165, 1.54) is 12.3 Å². The van der Waals surface area contributed by atoms with E-state index in [9.17, 15) is 4.79 Å². The highest BCUT2D eigenvalue weighted by atomic mass is 16.5. The van der Waals surface area contributed by atoms with Crippen molar-refractivity contribution in [2.75, 3.05) is 18.2 Å². The van der Waals surface area contributed by atoms with Gasteiger partial charge in [0.05, 0.1) is 19.0 Å². The van der Waals surface area contributed by atoms with Crippen LogP contribution in [0.4, 0.5) is 11.5 Å². The van der Waals surface area contributed by atoms with Crippen LogP contribution in [0.5, 0.6) is 5.75 Å². The summed E-state index contributed by atoms with van der Waals surface area (Å²) in [6, 6.07) is 10.8. The SMILES string of the molecule is COc1cccc(/C=C/C(=O)Nc2ccc(N)nc2)c1. The zero-order chi connectivity index (χ0) is 14.4. The third kappa shape index (κ3) is 3.84. The van der Waals surface area contributed by atoms with E-state index in [2.05, 4.69) is 10.3 Å². The fraction of sp³-hybridized carbons (Fsp3) is 0.0667. The second-order valence-electron chi connectivity index (χ2n) is 4.07. The number of methoxy groups -OCH3 is 1. The Morgan fingerprint density at radius 2 is 2.20 bits per heavy atom. The topological polar surface area (TPSA) is 77.2 Å². The first-order chi connectivity index (χ1) is 9.67. The highest BCUT2D eigenvalue weighted by Gasteiger charge is 1.98. The number of ether oxygens (including phenoxy) is 1. The lowest BCUT2D eigenvalue weighted by Gasteiger charge is -2.02. The Hall–Kier alpha value is -2.82. The second kappa shape index (κ2) is 6.38. The van der Waals surface area contributed by atoms with Gasteiger partial charge >= 0.3 is 0 Å². The largest absolute Gasteiger partial charge is 0.497 e. The molecule has 1 heterocycles. The first-order valence-corrected chi connectivity index (χ1v) is 6.02. The lowest BCUT2D eigenvalue weighted by Crippen LogP contribution is -2.08. The standard InChI is InChI=1S/C15H15N3O2/c1-20-13-4-2-3-11(9-13)5-8-15(19)18-12-6-7-14(16)17-10-12/h2-10H,1H3,(H2,16,17)(H,18,19)/b8-5+. The van der Waals surface area contributed by atoms with Crippen LogP contribution >= 0.6 is 0 Å². The third-order valence-corrected chi connectivity index (χ3v) is 2.57. The maximum atomic E-state index is 11.7. The number of carbonyl (C=O) groups excluding carboxylic acids is 1. The molecule has 102 valence electrons. The van der Waals surface area contributed by atoms with Gasteiger partial charge in [-0.25, -0.2) is 4.98 Å². The van der Waals surface area contributed by atoms with Crippen molar-refractivity contribution >= 4 is 23.5 Å². The molecule has 0 atom stereocenters. The molecule has 5 heteroatoms. The molecule has 1 aromatic heterocycles. The van der Waals surface area contributed by atoms with Crippen LogP contribution in [0.3, 0.4) is 0 Å². The highest BCUT2D eigenvalue weighted by molar-refractivity contribution is 6.01. The van der Waals surface area contributed by atoms with Crippen LogP contribution in [0.25, 0.3) is 6.08 Å². The summed E-state index contributed by atoms with van der Waals surface area (Å²) >= 11 is 0. The minimum absolute atomic E-state index is 0.237. The van der Waals surface area contributed by atoms with Crippen LogP contribution in [0.15, 0.2) is 48.7 Å². The van der Waals surface area contributed by atoms with E-state index in [1.807, 2.05) is 24.3 Å². The summed E-state index contributed by atoms with van der Waals surface area (Å²) in [7, 11) is 1.60. The van der Waals surface area contributed by atoms with Crippen LogP contribution in [-0.2, 0) is 4.79 Å². The maximum absolute atomic E-state index is 11.7. The molecule has 0 fully saturated rings. The minimum atomic E-state index is -0.237. The van der Waals surface area contributed by atoms with Gasteiger partial charge in [-0.3, -0.25) is 4.79 Å². The van der Waals surface area contributed by atoms with Crippen molar-refractivity contribution in [2.24, 2.45) is 0 Å². The number of rotatable bonds is 4. The molecular weight excluding hydrogens is 254 g/mol. The summed E-state index contributed by atoms with van der Waals surface area (Å²) in [5, 5.41) is 2.69. The third-order valence-electron chi connectivity index (χ3n) is 2.57. The number of carbonyl (C=O) groups is 1.